The summed E-state index contributed by atoms with van der Waals surface area (Å²) in [5, 5.41) is 13.4. The van der Waals surface area contributed by atoms with Gasteiger partial charge in [0.1, 0.15) is 5.76 Å². The number of Topliss-reactive ketones (excluding diaryl/α,β-unsaturated/α-hetero) is 1. The van der Waals surface area contributed by atoms with Crippen LogP contribution in [0, 0.1) is 6.92 Å². The first-order valence-corrected chi connectivity index (χ1v) is 12.6. The summed E-state index contributed by atoms with van der Waals surface area (Å²) in [6, 6.07) is 14.3. The van der Waals surface area contributed by atoms with Gasteiger partial charge in [-0.05, 0) is 58.7 Å². The molecule has 0 bridgehead atoms. The SMILES string of the molecule is COc1ccc(CN2C(=O)C(=O)/C(=C(/O)c3cc(C(C)(C)C)ccc3C)C2c2cccs2)cc1OC. The van der Waals surface area contributed by atoms with Crippen molar-refractivity contribution in [2.75, 3.05) is 14.2 Å². The van der Waals surface area contributed by atoms with Gasteiger partial charge in [0.25, 0.3) is 11.7 Å². The summed E-state index contributed by atoms with van der Waals surface area (Å²) in [5.74, 6) is -0.368. The lowest BCUT2D eigenvalue weighted by Crippen LogP contribution is -2.28. The number of nitrogens with zero attached hydrogens (tertiary/aromatic N) is 1. The number of methoxy groups -OCH3 is 2. The Morgan fingerprint density at radius 3 is 2.36 bits per heavy atom. The number of rotatable bonds is 6. The van der Waals surface area contributed by atoms with Crippen LogP contribution in [0.2, 0.25) is 0 Å². The molecule has 0 saturated carbocycles. The van der Waals surface area contributed by atoms with E-state index < -0.39 is 17.7 Å². The van der Waals surface area contributed by atoms with Crippen molar-refractivity contribution in [2.24, 2.45) is 0 Å². The normalized spacial score (nSPS) is 17.5. The van der Waals surface area contributed by atoms with Crippen LogP contribution in [0.3, 0.4) is 0 Å². The van der Waals surface area contributed by atoms with Crippen molar-refractivity contribution in [2.45, 2.75) is 45.7 Å². The van der Waals surface area contributed by atoms with Crippen molar-refractivity contribution in [3.63, 3.8) is 0 Å². The lowest BCUT2D eigenvalue weighted by Gasteiger charge is -2.25. The van der Waals surface area contributed by atoms with Crippen LogP contribution in [-0.2, 0) is 21.5 Å². The molecule has 6 nitrogen and oxygen atoms in total. The molecule has 2 aromatic carbocycles. The Hall–Kier alpha value is -3.58. The summed E-state index contributed by atoms with van der Waals surface area (Å²) < 4.78 is 10.7. The minimum absolute atomic E-state index is 0.108. The molecule has 0 radical (unpaired) electrons. The van der Waals surface area contributed by atoms with Crippen LogP contribution in [0.25, 0.3) is 5.76 Å². The maximum atomic E-state index is 13.4. The zero-order valence-corrected chi connectivity index (χ0v) is 22.2. The third-order valence-electron chi connectivity index (χ3n) is 6.51. The molecule has 1 saturated heterocycles. The highest BCUT2D eigenvalue weighted by Gasteiger charge is 2.46. The molecule has 0 spiro atoms. The average Bonchev–Trinajstić information content (AvgIpc) is 3.46. The minimum Gasteiger partial charge on any atom is -0.507 e. The Labute approximate surface area is 215 Å². The zero-order chi connectivity index (χ0) is 26.2. The van der Waals surface area contributed by atoms with E-state index >= 15 is 0 Å². The fourth-order valence-electron chi connectivity index (χ4n) is 4.45. The molecule has 4 rings (SSSR count). The van der Waals surface area contributed by atoms with Gasteiger partial charge in [-0.2, -0.15) is 0 Å². The number of ether oxygens (including phenoxy) is 2. The Morgan fingerprint density at radius 2 is 1.75 bits per heavy atom. The molecule has 1 atom stereocenters. The number of benzene rings is 2. The number of aliphatic hydroxyl groups is 1. The van der Waals surface area contributed by atoms with Crippen molar-refractivity contribution in [1.82, 2.24) is 4.90 Å². The largest absolute Gasteiger partial charge is 0.507 e. The second-order valence-corrected chi connectivity index (χ2v) is 10.9. The van der Waals surface area contributed by atoms with E-state index in [2.05, 4.69) is 20.8 Å². The summed E-state index contributed by atoms with van der Waals surface area (Å²) in [6.45, 7) is 8.34. The number of hydrogen-bond acceptors (Lipinski definition) is 6. The van der Waals surface area contributed by atoms with E-state index in [9.17, 15) is 14.7 Å². The van der Waals surface area contributed by atoms with Gasteiger partial charge < -0.3 is 19.5 Å². The van der Waals surface area contributed by atoms with E-state index in [0.717, 1.165) is 21.6 Å². The van der Waals surface area contributed by atoms with Gasteiger partial charge in [0.15, 0.2) is 11.5 Å². The van der Waals surface area contributed by atoms with E-state index in [-0.39, 0.29) is 23.3 Å². The molecular weight excluding hydrogens is 474 g/mol. The van der Waals surface area contributed by atoms with Crippen LogP contribution in [0.15, 0.2) is 59.5 Å². The van der Waals surface area contributed by atoms with Gasteiger partial charge in [0.05, 0.1) is 25.8 Å². The number of thiophene rings is 1. The molecule has 1 fully saturated rings. The molecule has 1 aromatic heterocycles. The van der Waals surface area contributed by atoms with Crippen LogP contribution in [0.5, 0.6) is 11.5 Å². The van der Waals surface area contributed by atoms with Crippen molar-refractivity contribution >= 4 is 28.8 Å². The van der Waals surface area contributed by atoms with Crippen molar-refractivity contribution in [3.8, 4) is 11.5 Å². The summed E-state index contributed by atoms with van der Waals surface area (Å²) in [6.07, 6.45) is 0. The summed E-state index contributed by atoms with van der Waals surface area (Å²) in [7, 11) is 3.11. The van der Waals surface area contributed by atoms with E-state index in [1.54, 1.807) is 26.4 Å². The number of aliphatic hydroxyl groups excluding tert-OH is 1. The van der Waals surface area contributed by atoms with Gasteiger partial charge in [-0.25, -0.2) is 0 Å². The molecule has 1 aliphatic heterocycles. The van der Waals surface area contributed by atoms with Crippen LogP contribution in [0.4, 0.5) is 0 Å². The Balaban J connectivity index is 1.84. The summed E-state index contributed by atoms with van der Waals surface area (Å²) in [4.78, 5) is 29.0. The lowest BCUT2D eigenvalue weighted by atomic mass is 9.84. The lowest BCUT2D eigenvalue weighted by molar-refractivity contribution is -0.140. The summed E-state index contributed by atoms with van der Waals surface area (Å²) in [5.41, 5.74) is 3.17. The predicted octanol–water partition coefficient (Wildman–Crippen LogP) is 5.99. The molecule has 2 heterocycles. The summed E-state index contributed by atoms with van der Waals surface area (Å²) >= 11 is 1.44. The number of aryl methyl sites for hydroxylation is 1. The molecule has 36 heavy (non-hydrogen) atoms. The maximum Gasteiger partial charge on any atom is 0.295 e. The van der Waals surface area contributed by atoms with Gasteiger partial charge in [0.2, 0.25) is 0 Å². The highest BCUT2D eigenvalue weighted by atomic mass is 32.1. The molecular formula is C29H31NO5S. The monoisotopic (exact) mass is 505 g/mol. The molecule has 188 valence electrons. The maximum absolute atomic E-state index is 13.4. The highest BCUT2D eigenvalue weighted by Crippen LogP contribution is 2.43. The number of likely N-dealkylation sites (tertiary alicyclic amines) is 1. The molecule has 0 aliphatic carbocycles. The number of hydrogen-bond donors (Lipinski definition) is 1. The molecule has 7 heteroatoms. The number of amides is 1. The quantitative estimate of drug-likeness (QED) is 0.253. The number of carbonyl (C=O) groups excluding carboxylic acids is 2. The van der Waals surface area contributed by atoms with Crippen LogP contribution < -0.4 is 9.47 Å². The van der Waals surface area contributed by atoms with Gasteiger partial charge in [-0.1, -0.05) is 45.0 Å². The van der Waals surface area contributed by atoms with Crippen LogP contribution in [-0.4, -0.2) is 35.9 Å². The van der Waals surface area contributed by atoms with Crippen molar-refractivity contribution in [1.29, 1.82) is 0 Å². The van der Waals surface area contributed by atoms with Crippen LogP contribution >= 0.6 is 11.3 Å². The van der Waals surface area contributed by atoms with Crippen LogP contribution in [0.1, 0.15) is 53.9 Å². The fourth-order valence-corrected chi connectivity index (χ4v) is 5.30. The predicted molar refractivity (Wildman–Crippen MR) is 142 cm³/mol. The molecule has 1 N–H and O–H groups in total. The Morgan fingerprint density at radius 1 is 1.03 bits per heavy atom. The zero-order valence-electron chi connectivity index (χ0n) is 21.4. The smallest absolute Gasteiger partial charge is 0.295 e. The van der Waals surface area contributed by atoms with E-state index in [4.69, 9.17) is 9.47 Å². The fraction of sp³-hybridized carbons (Fsp3) is 0.310. The average molecular weight is 506 g/mol. The number of carbonyl (C=O) groups is 2. The number of ketones is 1. The topological polar surface area (TPSA) is 76.1 Å². The first-order valence-electron chi connectivity index (χ1n) is 11.7. The van der Waals surface area contributed by atoms with Gasteiger partial charge in [-0.15, -0.1) is 11.3 Å². The second-order valence-electron chi connectivity index (χ2n) is 9.91. The molecule has 1 amide bonds. The minimum atomic E-state index is -0.698. The third-order valence-corrected chi connectivity index (χ3v) is 7.44. The highest BCUT2D eigenvalue weighted by molar-refractivity contribution is 7.10. The van der Waals surface area contributed by atoms with Crippen molar-refractivity contribution < 1.29 is 24.2 Å². The van der Waals surface area contributed by atoms with Gasteiger partial charge in [0, 0.05) is 17.0 Å². The van der Waals surface area contributed by atoms with E-state index in [0.29, 0.717) is 17.1 Å². The first-order chi connectivity index (χ1) is 17.1. The van der Waals surface area contributed by atoms with Crippen molar-refractivity contribution in [3.05, 3.63) is 86.6 Å². The van der Waals surface area contributed by atoms with Gasteiger partial charge in [-0.3, -0.25) is 9.59 Å². The molecule has 3 aromatic rings. The standard InChI is InChI=1S/C29H31NO5S/c1-17-9-11-19(29(2,3)4)15-20(17)26(31)24-25(23-8-7-13-36-23)30(28(33)27(24)32)16-18-10-12-21(34-5)22(14-18)35-6/h7-15,25,31H,16H2,1-6H3/b26-24+. The molecule has 1 unspecified atom stereocenters. The Kier molecular flexibility index (Phi) is 6.96. The second kappa shape index (κ2) is 9.82. The Bertz CT molecular complexity index is 1330. The van der Waals surface area contributed by atoms with E-state index in [1.807, 2.05) is 48.7 Å². The van der Waals surface area contributed by atoms with Gasteiger partial charge >= 0.3 is 0 Å². The third kappa shape index (κ3) is 4.63. The molecule has 1 aliphatic rings. The van der Waals surface area contributed by atoms with E-state index in [1.165, 1.54) is 16.2 Å². The first kappa shape index (κ1) is 25.5.